The molecule has 0 unspecified atom stereocenters. The summed E-state index contributed by atoms with van der Waals surface area (Å²) in [4.78, 5) is 0. The van der Waals surface area contributed by atoms with E-state index in [1.807, 2.05) is 13.8 Å². The molecule has 1 rings (SSSR count). The van der Waals surface area contributed by atoms with Gasteiger partial charge in [-0.25, -0.2) is 0 Å². The predicted molar refractivity (Wildman–Crippen MR) is 74.9 cm³/mol. The summed E-state index contributed by atoms with van der Waals surface area (Å²) in [6.07, 6.45) is 0. The minimum absolute atomic E-state index is 0.162. The van der Waals surface area contributed by atoms with E-state index in [2.05, 4.69) is 45.0 Å². The molecule has 1 aromatic carbocycles. The van der Waals surface area contributed by atoms with Gasteiger partial charge >= 0.3 is 0 Å². The van der Waals surface area contributed by atoms with Crippen molar-refractivity contribution in [2.75, 3.05) is 13.2 Å². The monoisotopic (exact) mass is 254 g/mol. The number of rotatable bonds is 5. The molecule has 0 N–H and O–H groups in total. The largest absolute Gasteiger partial charge is 0.331 e. The second-order valence-corrected chi connectivity index (χ2v) is 6.44. The van der Waals surface area contributed by atoms with Gasteiger partial charge in [0.25, 0.3) is 0 Å². The van der Waals surface area contributed by atoms with E-state index in [4.69, 9.17) is 9.05 Å². The highest BCUT2D eigenvalue weighted by molar-refractivity contribution is 7.56. The van der Waals surface area contributed by atoms with Crippen LogP contribution in [-0.2, 0) is 14.5 Å². The zero-order chi connectivity index (χ0) is 12.9. The fourth-order valence-corrected chi connectivity index (χ4v) is 2.80. The second kappa shape index (κ2) is 6.49. The molecule has 3 heteroatoms. The van der Waals surface area contributed by atoms with Gasteiger partial charge in [-0.1, -0.05) is 32.9 Å². The molecule has 1 aromatic rings. The highest BCUT2D eigenvalue weighted by Gasteiger charge is 2.18. The van der Waals surface area contributed by atoms with Crippen LogP contribution in [0.15, 0.2) is 24.3 Å². The Bertz CT molecular complexity index is 338. The van der Waals surface area contributed by atoms with Crippen LogP contribution < -0.4 is 5.30 Å². The van der Waals surface area contributed by atoms with Crippen molar-refractivity contribution in [1.82, 2.24) is 0 Å². The summed E-state index contributed by atoms with van der Waals surface area (Å²) < 4.78 is 11.4. The van der Waals surface area contributed by atoms with Crippen LogP contribution in [0.1, 0.15) is 40.2 Å². The molecule has 0 aromatic heterocycles. The van der Waals surface area contributed by atoms with Gasteiger partial charge in [0.05, 0.1) is 13.2 Å². The van der Waals surface area contributed by atoms with Gasteiger partial charge in [0.2, 0.25) is 8.38 Å². The average molecular weight is 254 g/mol. The molecule has 0 heterocycles. The minimum atomic E-state index is -0.919. The lowest BCUT2D eigenvalue weighted by atomic mass is 9.87. The SMILES string of the molecule is CCOP(OCC)c1cccc(C(C)(C)C)c1. The number of hydrogen-bond donors (Lipinski definition) is 0. The molecule has 0 saturated heterocycles. The third-order valence-electron chi connectivity index (χ3n) is 2.42. The first kappa shape index (κ1) is 14.6. The fourth-order valence-electron chi connectivity index (χ4n) is 1.51. The summed E-state index contributed by atoms with van der Waals surface area (Å²) in [5.74, 6) is 0. The molecule has 96 valence electrons. The standard InChI is InChI=1S/C14H23O2P/c1-6-15-17(16-7-2)13-10-8-9-12(11-13)14(3,4)5/h8-11H,6-7H2,1-5H3. The molecule has 0 saturated carbocycles. The lowest BCUT2D eigenvalue weighted by molar-refractivity contribution is 0.277. The van der Waals surface area contributed by atoms with E-state index in [0.717, 1.165) is 5.30 Å². The maximum Gasteiger partial charge on any atom is 0.205 e. The maximum atomic E-state index is 5.68. The molecule has 0 fully saturated rings. The van der Waals surface area contributed by atoms with Crippen molar-refractivity contribution >= 4 is 13.7 Å². The molecular formula is C14H23O2P. The Morgan fingerprint density at radius 3 is 2.12 bits per heavy atom. The Labute approximate surface area is 106 Å². The van der Waals surface area contributed by atoms with Gasteiger partial charge in [-0.15, -0.1) is 0 Å². The van der Waals surface area contributed by atoms with Crippen LogP contribution in [0, 0.1) is 0 Å². The van der Waals surface area contributed by atoms with E-state index >= 15 is 0 Å². The van der Waals surface area contributed by atoms with Crippen molar-refractivity contribution < 1.29 is 9.05 Å². The summed E-state index contributed by atoms with van der Waals surface area (Å²) in [5.41, 5.74) is 1.48. The van der Waals surface area contributed by atoms with Gasteiger partial charge in [-0.3, -0.25) is 0 Å². The molecule has 0 atom stereocenters. The molecule has 0 spiro atoms. The van der Waals surface area contributed by atoms with Gasteiger partial charge in [-0.2, -0.15) is 0 Å². The first-order valence-electron chi connectivity index (χ1n) is 6.15. The van der Waals surface area contributed by atoms with Crippen LogP contribution in [0.25, 0.3) is 0 Å². The van der Waals surface area contributed by atoms with E-state index in [1.54, 1.807) is 0 Å². The van der Waals surface area contributed by atoms with E-state index < -0.39 is 8.38 Å². The molecule has 0 aliphatic rings. The van der Waals surface area contributed by atoms with Crippen LogP contribution >= 0.6 is 8.38 Å². The summed E-state index contributed by atoms with van der Waals surface area (Å²) >= 11 is 0. The highest BCUT2D eigenvalue weighted by atomic mass is 31.2. The molecule has 2 nitrogen and oxygen atoms in total. The molecule has 0 aliphatic carbocycles. The average Bonchev–Trinajstić information content (AvgIpc) is 2.28. The topological polar surface area (TPSA) is 18.5 Å². The Morgan fingerprint density at radius 2 is 1.65 bits per heavy atom. The zero-order valence-corrected chi connectivity index (χ0v) is 12.4. The first-order valence-corrected chi connectivity index (χ1v) is 7.33. The van der Waals surface area contributed by atoms with E-state index in [1.165, 1.54) is 5.56 Å². The van der Waals surface area contributed by atoms with E-state index in [9.17, 15) is 0 Å². The molecular weight excluding hydrogens is 231 g/mol. The van der Waals surface area contributed by atoms with Gasteiger partial charge < -0.3 is 9.05 Å². The van der Waals surface area contributed by atoms with Crippen LogP contribution in [0.2, 0.25) is 0 Å². The fraction of sp³-hybridized carbons (Fsp3) is 0.571. The molecule has 0 amide bonds. The Balaban J connectivity index is 2.95. The molecule has 17 heavy (non-hydrogen) atoms. The van der Waals surface area contributed by atoms with Crippen molar-refractivity contribution in [3.05, 3.63) is 29.8 Å². The van der Waals surface area contributed by atoms with E-state index in [0.29, 0.717) is 13.2 Å². The molecule has 0 radical (unpaired) electrons. The Morgan fingerprint density at radius 1 is 1.06 bits per heavy atom. The zero-order valence-electron chi connectivity index (χ0n) is 11.5. The van der Waals surface area contributed by atoms with E-state index in [-0.39, 0.29) is 5.41 Å². The lowest BCUT2D eigenvalue weighted by Crippen LogP contribution is -2.15. The predicted octanol–water partition coefficient (Wildman–Crippen LogP) is 3.99. The molecule has 0 bridgehead atoms. The lowest BCUT2D eigenvalue weighted by Gasteiger charge is -2.22. The summed E-state index contributed by atoms with van der Waals surface area (Å²) in [7, 11) is -0.919. The third-order valence-corrected chi connectivity index (χ3v) is 4.10. The number of hydrogen-bond acceptors (Lipinski definition) is 2. The van der Waals surface area contributed by atoms with Crippen molar-refractivity contribution in [2.45, 2.75) is 40.0 Å². The van der Waals surface area contributed by atoms with Gasteiger partial charge in [0.1, 0.15) is 0 Å². The van der Waals surface area contributed by atoms with Crippen LogP contribution in [0.3, 0.4) is 0 Å². The summed E-state index contributed by atoms with van der Waals surface area (Å²) in [6, 6.07) is 8.54. The summed E-state index contributed by atoms with van der Waals surface area (Å²) in [6.45, 7) is 12.0. The smallest absolute Gasteiger partial charge is 0.205 e. The van der Waals surface area contributed by atoms with Gasteiger partial charge in [0.15, 0.2) is 0 Å². The van der Waals surface area contributed by atoms with Gasteiger partial charge in [0, 0.05) is 5.30 Å². The number of benzene rings is 1. The molecule has 0 aliphatic heterocycles. The van der Waals surface area contributed by atoms with Crippen molar-refractivity contribution in [1.29, 1.82) is 0 Å². The second-order valence-electron chi connectivity index (χ2n) is 4.89. The van der Waals surface area contributed by atoms with Crippen molar-refractivity contribution in [2.24, 2.45) is 0 Å². The quantitative estimate of drug-likeness (QED) is 0.739. The van der Waals surface area contributed by atoms with Crippen LogP contribution in [0.5, 0.6) is 0 Å². The van der Waals surface area contributed by atoms with Crippen LogP contribution in [-0.4, -0.2) is 13.2 Å². The maximum absolute atomic E-state index is 5.68. The van der Waals surface area contributed by atoms with Gasteiger partial charge in [-0.05, 0) is 37.0 Å². The first-order chi connectivity index (χ1) is 7.99. The highest BCUT2D eigenvalue weighted by Crippen LogP contribution is 2.37. The Hall–Kier alpha value is -0.430. The van der Waals surface area contributed by atoms with Crippen LogP contribution in [0.4, 0.5) is 0 Å². The Kier molecular flexibility index (Phi) is 5.58. The minimum Gasteiger partial charge on any atom is -0.331 e. The normalized spacial score (nSPS) is 12.1. The third kappa shape index (κ3) is 4.39. The summed E-state index contributed by atoms with van der Waals surface area (Å²) in [5, 5.41) is 1.16. The van der Waals surface area contributed by atoms with Crippen molar-refractivity contribution in [3.8, 4) is 0 Å². The van der Waals surface area contributed by atoms with Crippen molar-refractivity contribution in [3.63, 3.8) is 0 Å².